The van der Waals surface area contributed by atoms with Crippen LogP contribution in [0.2, 0.25) is 0 Å². The van der Waals surface area contributed by atoms with E-state index in [0.29, 0.717) is 11.7 Å². The lowest BCUT2D eigenvalue weighted by Crippen LogP contribution is -2.39. The zero-order chi connectivity index (χ0) is 13.2. The fraction of sp³-hybridized carbons (Fsp3) is 0.714. The first kappa shape index (κ1) is 15.3. The van der Waals surface area contributed by atoms with Crippen LogP contribution in [0, 0.1) is 0 Å². The number of rotatable bonds is 3. The summed E-state index contributed by atoms with van der Waals surface area (Å²) in [7, 11) is 0. The normalized spacial score (nSPS) is 18.4. The molecule has 0 saturated heterocycles. The second-order valence-corrected chi connectivity index (χ2v) is 5.49. The first-order valence-electron chi connectivity index (χ1n) is 7.39. The Morgan fingerprint density at radius 2 is 2.15 bits per heavy atom. The predicted molar refractivity (Wildman–Crippen MR) is 80.2 cm³/mol. The number of carbonyl (C=O) groups is 1. The zero-order valence-electron chi connectivity index (χ0n) is 11.9. The molecule has 1 saturated carbocycles. The predicted octanol–water partition coefficient (Wildman–Crippen LogP) is 1.88. The molecule has 1 aliphatic carbocycles. The third kappa shape index (κ3) is 2.69. The number of fused-ring (bicyclic) bond motifs is 1. The zero-order valence-corrected chi connectivity index (χ0v) is 12.8. The molecule has 2 aliphatic rings. The fourth-order valence-corrected chi connectivity index (χ4v) is 3.32. The molecule has 20 heavy (non-hydrogen) atoms. The minimum Gasteiger partial charge on any atom is -0.335 e. The largest absolute Gasteiger partial charge is 0.335 e. The number of nitrogens with zero attached hydrogens (tertiary/aromatic N) is 2. The Kier molecular flexibility index (Phi) is 5.05. The van der Waals surface area contributed by atoms with Gasteiger partial charge in [-0.3, -0.25) is 9.89 Å². The molecule has 5 nitrogen and oxygen atoms in total. The second-order valence-electron chi connectivity index (χ2n) is 5.49. The Hall–Kier alpha value is -1.07. The van der Waals surface area contributed by atoms with Crippen molar-refractivity contribution in [3.05, 3.63) is 17.0 Å². The SMILES string of the molecule is CCN(C(=O)c1n[nH]c2c1CNCC2)C1CCCC1.Cl. The monoisotopic (exact) mass is 298 g/mol. The average Bonchev–Trinajstić information content (AvgIpc) is 3.08. The highest BCUT2D eigenvalue weighted by Gasteiger charge is 2.30. The molecule has 1 aromatic rings. The Morgan fingerprint density at radius 1 is 1.40 bits per heavy atom. The van der Waals surface area contributed by atoms with Gasteiger partial charge in [0.1, 0.15) is 0 Å². The van der Waals surface area contributed by atoms with E-state index in [2.05, 4.69) is 22.4 Å². The van der Waals surface area contributed by atoms with Gasteiger partial charge in [0.25, 0.3) is 5.91 Å². The molecular weight excluding hydrogens is 276 g/mol. The first-order valence-corrected chi connectivity index (χ1v) is 7.39. The third-order valence-electron chi connectivity index (χ3n) is 4.38. The molecule has 1 amide bonds. The second kappa shape index (κ2) is 6.59. The Labute approximate surface area is 125 Å². The number of nitrogens with one attached hydrogen (secondary N) is 2. The molecule has 0 aromatic carbocycles. The maximum absolute atomic E-state index is 12.7. The van der Waals surface area contributed by atoms with E-state index in [4.69, 9.17) is 0 Å². The van der Waals surface area contributed by atoms with Crippen LogP contribution in [0.1, 0.15) is 54.4 Å². The molecule has 1 fully saturated rings. The van der Waals surface area contributed by atoms with Crippen LogP contribution in [0.3, 0.4) is 0 Å². The van der Waals surface area contributed by atoms with Crippen molar-refractivity contribution < 1.29 is 4.79 Å². The van der Waals surface area contributed by atoms with Gasteiger partial charge >= 0.3 is 0 Å². The van der Waals surface area contributed by atoms with Crippen LogP contribution in [0.25, 0.3) is 0 Å². The van der Waals surface area contributed by atoms with Crippen molar-refractivity contribution in [2.75, 3.05) is 13.1 Å². The lowest BCUT2D eigenvalue weighted by Gasteiger charge is -2.27. The molecular formula is C14H23ClN4O. The van der Waals surface area contributed by atoms with Crippen LogP contribution < -0.4 is 5.32 Å². The number of aromatic nitrogens is 2. The van der Waals surface area contributed by atoms with Crippen molar-refractivity contribution >= 4 is 18.3 Å². The summed E-state index contributed by atoms with van der Waals surface area (Å²) in [6.07, 6.45) is 5.71. The van der Waals surface area contributed by atoms with Gasteiger partial charge in [0, 0.05) is 43.4 Å². The van der Waals surface area contributed by atoms with Gasteiger partial charge in [0.05, 0.1) is 0 Å². The van der Waals surface area contributed by atoms with E-state index < -0.39 is 0 Å². The van der Waals surface area contributed by atoms with Crippen molar-refractivity contribution in [2.45, 2.75) is 51.6 Å². The summed E-state index contributed by atoms with van der Waals surface area (Å²) in [4.78, 5) is 14.7. The molecule has 1 aromatic heterocycles. The summed E-state index contributed by atoms with van der Waals surface area (Å²) in [6.45, 7) is 4.56. The molecule has 0 unspecified atom stereocenters. The molecule has 0 radical (unpaired) electrons. The van der Waals surface area contributed by atoms with E-state index >= 15 is 0 Å². The van der Waals surface area contributed by atoms with Crippen molar-refractivity contribution in [3.8, 4) is 0 Å². The molecule has 0 bridgehead atoms. The number of carbonyl (C=O) groups excluding carboxylic acids is 1. The van der Waals surface area contributed by atoms with Crippen molar-refractivity contribution in [3.63, 3.8) is 0 Å². The van der Waals surface area contributed by atoms with Gasteiger partial charge in [0.2, 0.25) is 0 Å². The van der Waals surface area contributed by atoms with E-state index in [-0.39, 0.29) is 18.3 Å². The van der Waals surface area contributed by atoms with Gasteiger partial charge in [-0.25, -0.2) is 0 Å². The standard InChI is InChI=1S/C14H22N4O.ClH/c1-2-18(10-5-3-4-6-10)14(19)13-11-9-15-8-7-12(11)16-17-13;/h10,15H,2-9H2,1H3,(H,16,17);1H. The number of halogens is 1. The maximum Gasteiger partial charge on any atom is 0.274 e. The lowest BCUT2D eigenvalue weighted by molar-refractivity contribution is 0.0686. The van der Waals surface area contributed by atoms with Gasteiger partial charge in [0.15, 0.2) is 5.69 Å². The van der Waals surface area contributed by atoms with Crippen LogP contribution in [0.15, 0.2) is 0 Å². The average molecular weight is 299 g/mol. The molecule has 6 heteroatoms. The molecule has 112 valence electrons. The van der Waals surface area contributed by atoms with E-state index in [0.717, 1.165) is 50.2 Å². The van der Waals surface area contributed by atoms with Gasteiger partial charge in [-0.15, -0.1) is 12.4 Å². The van der Waals surface area contributed by atoms with E-state index in [1.165, 1.54) is 12.8 Å². The summed E-state index contributed by atoms with van der Waals surface area (Å²) in [5.41, 5.74) is 2.84. The smallest absolute Gasteiger partial charge is 0.274 e. The molecule has 2 heterocycles. The Morgan fingerprint density at radius 3 is 2.85 bits per heavy atom. The fourth-order valence-electron chi connectivity index (χ4n) is 3.32. The van der Waals surface area contributed by atoms with Crippen LogP contribution in [0.4, 0.5) is 0 Å². The number of hydrogen-bond acceptors (Lipinski definition) is 3. The van der Waals surface area contributed by atoms with E-state index in [9.17, 15) is 4.79 Å². The number of aromatic amines is 1. The van der Waals surface area contributed by atoms with E-state index in [1.54, 1.807) is 0 Å². The summed E-state index contributed by atoms with van der Waals surface area (Å²) in [5.74, 6) is 0.107. The van der Waals surface area contributed by atoms with Crippen molar-refractivity contribution in [2.24, 2.45) is 0 Å². The molecule has 3 rings (SSSR count). The highest BCUT2D eigenvalue weighted by Crippen LogP contribution is 2.26. The molecule has 0 spiro atoms. The molecule has 1 aliphatic heterocycles. The van der Waals surface area contributed by atoms with Gasteiger partial charge < -0.3 is 10.2 Å². The minimum atomic E-state index is 0. The van der Waals surface area contributed by atoms with E-state index in [1.807, 2.05) is 4.90 Å². The molecule has 2 N–H and O–H groups in total. The molecule has 0 atom stereocenters. The van der Waals surface area contributed by atoms with Crippen LogP contribution >= 0.6 is 12.4 Å². The number of H-pyrrole nitrogens is 1. The van der Waals surface area contributed by atoms with Crippen LogP contribution in [-0.4, -0.2) is 40.1 Å². The van der Waals surface area contributed by atoms with Gasteiger partial charge in [-0.1, -0.05) is 12.8 Å². The first-order chi connectivity index (χ1) is 9.31. The van der Waals surface area contributed by atoms with Crippen molar-refractivity contribution in [1.29, 1.82) is 0 Å². The summed E-state index contributed by atoms with van der Waals surface area (Å²) in [5, 5.41) is 10.6. The number of amides is 1. The topological polar surface area (TPSA) is 61.0 Å². The Bertz CT molecular complexity index is 468. The highest BCUT2D eigenvalue weighted by atomic mass is 35.5. The van der Waals surface area contributed by atoms with Crippen LogP contribution in [0.5, 0.6) is 0 Å². The third-order valence-corrected chi connectivity index (χ3v) is 4.38. The van der Waals surface area contributed by atoms with Gasteiger partial charge in [-0.2, -0.15) is 5.10 Å². The minimum absolute atomic E-state index is 0. The summed E-state index contributed by atoms with van der Waals surface area (Å²) < 4.78 is 0. The quantitative estimate of drug-likeness (QED) is 0.896. The lowest BCUT2D eigenvalue weighted by atomic mass is 10.1. The maximum atomic E-state index is 12.7. The summed E-state index contributed by atoms with van der Waals surface area (Å²) >= 11 is 0. The van der Waals surface area contributed by atoms with Crippen molar-refractivity contribution in [1.82, 2.24) is 20.4 Å². The Balaban J connectivity index is 0.00000147. The van der Waals surface area contributed by atoms with Crippen LogP contribution in [-0.2, 0) is 13.0 Å². The number of hydrogen-bond donors (Lipinski definition) is 2. The summed E-state index contributed by atoms with van der Waals surface area (Å²) in [6, 6.07) is 0.418. The highest BCUT2D eigenvalue weighted by molar-refractivity contribution is 5.94. The van der Waals surface area contributed by atoms with Gasteiger partial charge in [-0.05, 0) is 19.8 Å².